The minimum absolute atomic E-state index is 0.0477. The van der Waals surface area contributed by atoms with E-state index in [1.807, 2.05) is 0 Å². The summed E-state index contributed by atoms with van der Waals surface area (Å²) < 4.78 is 18.8. The van der Waals surface area contributed by atoms with Crippen molar-refractivity contribution in [3.63, 3.8) is 0 Å². The van der Waals surface area contributed by atoms with Crippen molar-refractivity contribution >= 4 is 5.97 Å². The summed E-state index contributed by atoms with van der Waals surface area (Å²) >= 11 is 0. The van der Waals surface area contributed by atoms with Crippen LogP contribution in [0.4, 0.5) is 4.39 Å². The zero-order chi connectivity index (χ0) is 12.8. The molecule has 0 bridgehead atoms. The van der Waals surface area contributed by atoms with Crippen LogP contribution in [0.15, 0.2) is 18.2 Å². The maximum atomic E-state index is 13.5. The molecule has 4 heteroatoms. The van der Waals surface area contributed by atoms with Gasteiger partial charge >= 0.3 is 5.97 Å². The van der Waals surface area contributed by atoms with E-state index in [1.54, 1.807) is 0 Å². The topological polar surface area (TPSA) is 46.5 Å². The summed E-state index contributed by atoms with van der Waals surface area (Å²) in [7, 11) is 0. The number of aromatic carboxylic acids is 1. The fraction of sp³-hybridized carbons (Fsp3) is 0.462. The maximum absolute atomic E-state index is 13.5. The van der Waals surface area contributed by atoms with Crippen LogP contribution in [-0.4, -0.2) is 17.7 Å². The quantitative estimate of drug-likeness (QED) is 0.777. The van der Waals surface area contributed by atoms with Crippen LogP contribution in [0.3, 0.4) is 0 Å². The molecule has 0 aliphatic carbocycles. The van der Waals surface area contributed by atoms with Gasteiger partial charge < -0.3 is 9.84 Å². The van der Waals surface area contributed by atoms with E-state index in [0.717, 1.165) is 12.5 Å². The van der Waals surface area contributed by atoms with Crippen molar-refractivity contribution in [3.05, 3.63) is 35.1 Å². The van der Waals surface area contributed by atoms with Gasteiger partial charge in [-0.05, 0) is 24.5 Å². The Morgan fingerprint density at radius 3 is 2.71 bits per heavy atom. The van der Waals surface area contributed by atoms with Crippen LogP contribution in [0.2, 0.25) is 0 Å². The predicted molar refractivity (Wildman–Crippen MR) is 62.5 cm³/mol. The minimum atomic E-state index is -1.13. The molecule has 0 saturated heterocycles. The van der Waals surface area contributed by atoms with Crippen molar-refractivity contribution in [2.24, 2.45) is 5.92 Å². The second-order valence-corrected chi connectivity index (χ2v) is 4.35. The summed E-state index contributed by atoms with van der Waals surface area (Å²) in [6.07, 6.45) is 0.925. The second-order valence-electron chi connectivity index (χ2n) is 4.35. The van der Waals surface area contributed by atoms with Crippen LogP contribution in [-0.2, 0) is 11.3 Å². The number of rotatable bonds is 6. The Bertz CT molecular complexity index is 388. The molecule has 1 aromatic carbocycles. The van der Waals surface area contributed by atoms with E-state index in [-0.39, 0.29) is 12.2 Å². The Kier molecular flexibility index (Phi) is 5.10. The zero-order valence-electron chi connectivity index (χ0n) is 10.1. The van der Waals surface area contributed by atoms with Gasteiger partial charge in [-0.3, -0.25) is 0 Å². The summed E-state index contributed by atoms with van der Waals surface area (Å²) in [6, 6.07) is 3.85. The number of carboxylic acid groups (broad SMARTS) is 1. The van der Waals surface area contributed by atoms with E-state index in [9.17, 15) is 9.18 Å². The molecule has 0 fully saturated rings. The Morgan fingerprint density at radius 1 is 1.47 bits per heavy atom. The average Bonchev–Trinajstić information content (AvgIpc) is 2.25. The summed E-state index contributed by atoms with van der Waals surface area (Å²) in [6.45, 7) is 4.94. The van der Waals surface area contributed by atoms with Crippen molar-refractivity contribution in [1.29, 1.82) is 0 Å². The second kappa shape index (κ2) is 6.35. The number of hydrogen-bond donors (Lipinski definition) is 1. The molecule has 17 heavy (non-hydrogen) atoms. The van der Waals surface area contributed by atoms with Crippen molar-refractivity contribution in [2.75, 3.05) is 6.61 Å². The fourth-order valence-electron chi connectivity index (χ4n) is 1.30. The molecule has 0 aliphatic rings. The van der Waals surface area contributed by atoms with Crippen LogP contribution in [0.5, 0.6) is 0 Å². The summed E-state index contributed by atoms with van der Waals surface area (Å²) in [5, 5.41) is 8.68. The number of halogens is 1. The highest BCUT2D eigenvalue weighted by molar-refractivity contribution is 5.87. The Balaban J connectivity index is 2.52. The minimum Gasteiger partial charge on any atom is -0.478 e. The first kappa shape index (κ1) is 13.6. The summed E-state index contributed by atoms with van der Waals surface area (Å²) in [5.41, 5.74) is 0.340. The lowest BCUT2D eigenvalue weighted by molar-refractivity contribution is 0.0695. The van der Waals surface area contributed by atoms with Crippen molar-refractivity contribution in [1.82, 2.24) is 0 Å². The van der Waals surface area contributed by atoms with Gasteiger partial charge in [-0.15, -0.1) is 0 Å². The van der Waals surface area contributed by atoms with E-state index in [4.69, 9.17) is 9.84 Å². The molecule has 1 rings (SSSR count). The fourth-order valence-corrected chi connectivity index (χ4v) is 1.30. The largest absolute Gasteiger partial charge is 0.478 e. The van der Waals surface area contributed by atoms with E-state index in [1.165, 1.54) is 12.1 Å². The van der Waals surface area contributed by atoms with Crippen LogP contribution >= 0.6 is 0 Å². The highest BCUT2D eigenvalue weighted by Gasteiger charge is 2.08. The molecule has 0 aliphatic heterocycles. The SMILES string of the molecule is CC(C)CCOCc1ccc(C(=O)O)cc1F. The van der Waals surface area contributed by atoms with E-state index in [0.29, 0.717) is 18.1 Å². The third kappa shape index (κ3) is 4.53. The van der Waals surface area contributed by atoms with Crippen molar-refractivity contribution < 1.29 is 19.0 Å². The van der Waals surface area contributed by atoms with Gasteiger partial charge in [0, 0.05) is 12.2 Å². The average molecular weight is 240 g/mol. The highest BCUT2D eigenvalue weighted by Crippen LogP contribution is 2.12. The summed E-state index contributed by atoms with van der Waals surface area (Å²) in [5.74, 6) is -1.11. The molecule has 0 unspecified atom stereocenters. The first-order chi connectivity index (χ1) is 8.00. The van der Waals surface area contributed by atoms with E-state index in [2.05, 4.69) is 13.8 Å². The third-order valence-electron chi connectivity index (χ3n) is 2.40. The highest BCUT2D eigenvalue weighted by atomic mass is 19.1. The maximum Gasteiger partial charge on any atom is 0.335 e. The number of carboxylic acids is 1. The Labute approximate surface area is 100 Å². The van der Waals surface area contributed by atoms with E-state index < -0.39 is 11.8 Å². The first-order valence-corrected chi connectivity index (χ1v) is 5.60. The molecule has 0 amide bonds. The van der Waals surface area contributed by atoms with Crippen LogP contribution in [0.1, 0.15) is 36.2 Å². The zero-order valence-corrected chi connectivity index (χ0v) is 10.1. The molecule has 1 aromatic rings. The lowest BCUT2D eigenvalue weighted by atomic mass is 10.1. The number of ether oxygens (including phenoxy) is 1. The molecular formula is C13H17FO3. The Hall–Kier alpha value is -1.42. The van der Waals surface area contributed by atoms with Crippen LogP contribution < -0.4 is 0 Å². The van der Waals surface area contributed by atoms with Crippen molar-refractivity contribution in [3.8, 4) is 0 Å². The van der Waals surface area contributed by atoms with Gasteiger partial charge in [0.15, 0.2) is 0 Å². The molecule has 94 valence electrons. The van der Waals surface area contributed by atoms with Gasteiger partial charge in [0.05, 0.1) is 12.2 Å². The number of benzene rings is 1. The molecular weight excluding hydrogens is 223 g/mol. The smallest absolute Gasteiger partial charge is 0.335 e. The molecule has 0 aromatic heterocycles. The van der Waals surface area contributed by atoms with Crippen LogP contribution in [0.25, 0.3) is 0 Å². The number of hydrogen-bond acceptors (Lipinski definition) is 2. The van der Waals surface area contributed by atoms with Crippen molar-refractivity contribution in [2.45, 2.75) is 26.9 Å². The van der Waals surface area contributed by atoms with Crippen LogP contribution in [0, 0.1) is 11.7 Å². The standard InChI is InChI=1S/C13H17FO3/c1-9(2)5-6-17-8-11-4-3-10(13(15)16)7-12(11)14/h3-4,7,9H,5-6,8H2,1-2H3,(H,15,16). The Morgan fingerprint density at radius 2 is 2.18 bits per heavy atom. The monoisotopic (exact) mass is 240 g/mol. The van der Waals surface area contributed by atoms with Gasteiger partial charge in [0.25, 0.3) is 0 Å². The molecule has 3 nitrogen and oxygen atoms in total. The number of carbonyl (C=O) groups is 1. The van der Waals surface area contributed by atoms with Gasteiger partial charge in [-0.1, -0.05) is 19.9 Å². The third-order valence-corrected chi connectivity index (χ3v) is 2.40. The summed E-state index contributed by atoms with van der Waals surface area (Å²) in [4.78, 5) is 10.6. The molecule has 0 saturated carbocycles. The molecule has 0 radical (unpaired) electrons. The van der Waals surface area contributed by atoms with E-state index >= 15 is 0 Å². The first-order valence-electron chi connectivity index (χ1n) is 5.60. The van der Waals surface area contributed by atoms with Gasteiger partial charge in [-0.2, -0.15) is 0 Å². The van der Waals surface area contributed by atoms with Gasteiger partial charge in [0.2, 0.25) is 0 Å². The lowest BCUT2D eigenvalue weighted by Gasteiger charge is -2.07. The lowest BCUT2D eigenvalue weighted by Crippen LogP contribution is -2.03. The van der Waals surface area contributed by atoms with Gasteiger partial charge in [0.1, 0.15) is 5.82 Å². The van der Waals surface area contributed by atoms with Gasteiger partial charge in [-0.25, -0.2) is 9.18 Å². The molecule has 0 spiro atoms. The molecule has 0 heterocycles. The molecule has 0 atom stereocenters. The normalized spacial score (nSPS) is 10.8. The molecule has 1 N–H and O–H groups in total. The predicted octanol–water partition coefficient (Wildman–Crippen LogP) is 3.09.